The summed E-state index contributed by atoms with van der Waals surface area (Å²) < 4.78 is 0. The highest BCUT2D eigenvalue weighted by atomic mass is 16.4. The molecule has 0 saturated carbocycles. The van der Waals surface area contributed by atoms with Gasteiger partial charge in [0.25, 0.3) is 11.5 Å². The number of anilines is 2. The normalized spacial score (nSPS) is 11.8. The maximum Gasteiger partial charge on any atom is 0.326 e. The molecule has 2 atom stereocenters. The number of hydrogen-bond donors (Lipinski definition) is 9. The number of rotatable bonds is 13. The first kappa shape index (κ1) is 32.6. The molecule has 2 aromatic heterocycles. The summed E-state index contributed by atoms with van der Waals surface area (Å²) in [6.07, 6.45) is 0.963. The van der Waals surface area contributed by atoms with Crippen LogP contribution in [0.2, 0.25) is 0 Å². The number of carbonyl (C=O) groups excluding carboxylic acids is 2. The van der Waals surface area contributed by atoms with E-state index in [1.807, 2.05) is 0 Å². The number of fused-ring (bicyclic) bond motifs is 1. The topological polar surface area (TPSA) is 320 Å². The van der Waals surface area contributed by atoms with Crippen LogP contribution in [0.25, 0.3) is 11.2 Å². The Morgan fingerprint density at radius 3 is 2.19 bits per heavy atom. The van der Waals surface area contributed by atoms with Crippen molar-refractivity contribution in [1.82, 2.24) is 25.3 Å². The Kier molecular flexibility index (Phi) is 11.8. The molecule has 0 saturated heterocycles. The number of nitrogen functional groups attached to an aromatic ring is 1. The maximum atomic E-state index is 12.3. The van der Waals surface area contributed by atoms with Crippen LogP contribution in [-0.2, 0) is 25.7 Å². The Hall–Kier alpha value is -5.65. The van der Waals surface area contributed by atoms with Gasteiger partial charge in [-0.2, -0.15) is 4.98 Å². The summed E-state index contributed by atoms with van der Waals surface area (Å²) >= 11 is 0. The fraction of sp³-hybridized carbons (Fsp3) is 0.292. The number of carboxylic acids is 3. The minimum atomic E-state index is -1.31. The number of aliphatic carboxylic acids is 3. The van der Waals surface area contributed by atoms with E-state index in [0.29, 0.717) is 11.4 Å². The number of hydrogen-bond acceptors (Lipinski definition) is 12. The molecule has 3 rings (SSSR count). The Bertz CT molecular complexity index is 1510. The van der Waals surface area contributed by atoms with Crippen LogP contribution in [-0.4, -0.2) is 77.1 Å². The maximum absolute atomic E-state index is 12.3. The summed E-state index contributed by atoms with van der Waals surface area (Å²) in [4.78, 5) is 80.7. The summed E-state index contributed by atoms with van der Waals surface area (Å²) in [5, 5.41) is 31.4. The van der Waals surface area contributed by atoms with E-state index in [2.05, 4.69) is 30.6 Å². The van der Waals surface area contributed by atoms with Crippen LogP contribution in [0, 0.1) is 0 Å². The second kappa shape index (κ2) is 15.2. The van der Waals surface area contributed by atoms with E-state index in [9.17, 15) is 28.8 Å². The summed E-state index contributed by atoms with van der Waals surface area (Å²) in [6, 6.07) is 3.88. The first-order valence-corrected chi connectivity index (χ1v) is 12.1. The molecule has 2 heterocycles. The van der Waals surface area contributed by atoms with Crippen molar-refractivity contribution in [2.24, 2.45) is 11.5 Å². The van der Waals surface area contributed by atoms with Crippen LogP contribution < -0.4 is 33.4 Å². The second-order valence-electron chi connectivity index (χ2n) is 8.66. The number of carbonyl (C=O) groups is 5. The zero-order valence-corrected chi connectivity index (χ0v) is 21.9. The van der Waals surface area contributed by atoms with Gasteiger partial charge in [-0.1, -0.05) is 0 Å². The summed E-state index contributed by atoms with van der Waals surface area (Å²) in [5.41, 5.74) is 16.3. The number of aromatic nitrogens is 4. The van der Waals surface area contributed by atoms with E-state index in [0.717, 1.165) is 0 Å². The lowest BCUT2D eigenvalue weighted by Gasteiger charge is -2.14. The lowest BCUT2D eigenvalue weighted by Crippen LogP contribution is -2.41. The minimum Gasteiger partial charge on any atom is -0.481 e. The highest BCUT2D eigenvalue weighted by molar-refractivity contribution is 5.97. The third-order valence-electron chi connectivity index (χ3n) is 5.38. The number of nitrogens with zero attached hydrogens (tertiary/aromatic N) is 3. The van der Waals surface area contributed by atoms with Gasteiger partial charge >= 0.3 is 17.9 Å². The van der Waals surface area contributed by atoms with Crippen molar-refractivity contribution < 1.29 is 39.3 Å². The first-order valence-electron chi connectivity index (χ1n) is 12.1. The van der Waals surface area contributed by atoms with Gasteiger partial charge in [-0.25, -0.2) is 14.8 Å². The third-order valence-corrected chi connectivity index (χ3v) is 5.38. The fourth-order valence-corrected chi connectivity index (χ4v) is 3.18. The second-order valence-corrected chi connectivity index (χ2v) is 8.66. The van der Waals surface area contributed by atoms with Crippen molar-refractivity contribution in [1.29, 1.82) is 0 Å². The highest BCUT2D eigenvalue weighted by Crippen LogP contribution is 2.12. The predicted molar refractivity (Wildman–Crippen MR) is 146 cm³/mol. The molecule has 12 N–H and O–H groups in total. The molecule has 224 valence electrons. The average Bonchev–Trinajstić information content (AvgIpc) is 2.93. The molecule has 1 unspecified atom stereocenters. The van der Waals surface area contributed by atoms with Gasteiger partial charge in [-0.05, 0) is 37.1 Å². The summed E-state index contributed by atoms with van der Waals surface area (Å²) in [5.74, 6) is -4.80. The number of benzene rings is 1. The molecule has 18 heteroatoms. The number of amides is 2. The van der Waals surface area contributed by atoms with E-state index >= 15 is 0 Å². The quantitative estimate of drug-likeness (QED) is 0.111. The van der Waals surface area contributed by atoms with Gasteiger partial charge in [0.15, 0.2) is 11.2 Å². The number of H-pyrrole nitrogens is 1. The number of nitrogens with one attached hydrogen (secondary N) is 3. The van der Waals surface area contributed by atoms with Gasteiger partial charge in [0, 0.05) is 24.1 Å². The van der Waals surface area contributed by atoms with Crippen LogP contribution in [0.5, 0.6) is 0 Å². The van der Waals surface area contributed by atoms with E-state index in [1.54, 1.807) is 12.1 Å². The molecule has 0 spiro atoms. The minimum absolute atomic E-state index is 0.0213. The molecule has 0 fully saturated rings. The van der Waals surface area contributed by atoms with Crippen LogP contribution in [0.4, 0.5) is 11.6 Å². The third kappa shape index (κ3) is 10.5. The first-order chi connectivity index (χ1) is 19.8. The predicted octanol–water partition coefficient (Wildman–Crippen LogP) is -1.38. The van der Waals surface area contributed by atoms with Gasteiger partial charge in [-0.3, -0.25) is 29.0 Å². The molecule has 0 aliphatic heterocycles. The number of carboxylic acid groups (broad SMARTS) is 3. The van der Waals surface area contributed by atoms with Crippen molar-refractivity contribution in [3.8, 4) is 0 Å². The summed E-state index contributed by atoms with van der Waals surface area (Å²) in [6.45, 7) is 0.231. The van der Waals surface area contributed by atoms with E-state index in [4.69, 9.17) is 32.5 Å². The molecular formula is C24H29N9O9. The summed E-state index contributed by atoms with van der Waals surface area (Å²) in [7, 11) is 0. The highest BCUT2D eigenvalue weighted by Gasteiger charge is 2.21. The number of nitrogens with two attached hydrogens (primary N) is 3. The zero-order chi connectivity index (χ0) is 31.4. The van der Waals surface area contributed by atoms with Crippen LogP contribution >= 0.6 is 0 Å². The number of primary amides is 1. The van der Waals surface area contributed by atoms with E-state index in [-0.39, 0.29) is 54.9 Å². The van der Waals surface area contributed by atoms with E-state index < -0.39 is 47.4 Å². The molecule has 42 heavy (non-hydrogen) atoms. The van der Waals surface area contributed by atoms with Crippen molar-refractivity contribution in [2.45, 2.75) is 44.3 Å². The Morgan fingerprint density at radius 2 is 1.62 bits per heavy atom. The molecule has 0 aliphatic carbocycles. The van der Waals surface area contributed by atoms with Gasteiger partial charge in [-0.15, -0.1) is 0 Å². The van der Waals surface area contributed by atoms with Crippen LogP contribution in [0.3, 0.4) is 0 Å². The van der Waals surface area contributed by atoms with Crippen molar-refractivity contribution in [3.05, 3.63) is 52.1 Å². The van der Waals surface area contributed by atoms with Crippen molar-refractivity contribution >= 4 is 52.5 Å². The molecule has 2 amide bonds. The molecule has 0 aliphatic rings. The standard InChI is InChI=1S/C19H19N7O6.C5H10N2O3/c20-19-25-15-14(17(30)26-19)23-11(8-22-15)7-21-10-3-1-9(2-4-10)16(29)24-12(18(31)32)5-6-13(27)28;6-3(5(9)10)1-2-4(7)8/h1-4,8,12,21H,5-7H2,(H,24,29)(H,27,28)(H,31,32)(H3,20,22,25,26,30);3H,1-2,6H2,(H2,7,8)(H,9,10)/t;3-/m.0/s1. The Labute approximate surface area is 236 Å². The molecule has 18 nitrogen and oxygen atoms in total. The average molecular weight is 588 g/mol. The lowest BCUT2D eigenvalue weighted by molar-refractivity contribution is -0.141. The van der Waals surface area contributed by atoms with Gasteiger partial charge in [0.2, 0.25) is 11.9 Å². The monoisotopic (exact) mass is 587 g/mol. The molecule has 0 radical (unpaired) electrons. The fourth-order valence-electron chi connectivity index (χ4n) is 3.18. The Morgan fingerprint density at radius 1 is 0.952 bits per heavy atom. The van der Waals surface area contributed by atoms with Gasteiger partial charge in [0.05, 0.1) is 18.4 Å². The SMILES string of the molecule is NC(=O)CC[C@H](N)C(=O)O.Nc1nc2ncc(CNc3ccc(C(=O)NC(CCC(=O)O)C(=O)O)cc3)nc2c(=O)[nH]1. The Balaban J connectivity index is 0.000000528. The van der Waals surface area contributed by atoms with Crippen LogP contribution in [0.15, 0.2) is 35.3 Å². The van der Waals surface area contributed by atoms with E-state index in [1.165, 1.54) is 18.3 Å². The van der Waals surface area contributed by atoms with Crippen molar-refractivity contribution in [2.75, 3.05) is 11.1 Å². The largest absolute Gasteiger partial charge is 0.481 e. The zero-order valence-electron chi connectivity index (χ0n) is 21.9. The van der Waals surface area contributed by atoms with Crippen molar-refractivity contribution in [3.63, 3.8) is 0 Å². The van der Waals surface area contributed by atoms with Crippen LogP contribution in [0.1, 0.15) is 41.7 Å². The molecule has 0 bridgehead atoms. The number of aromatic amines is 1. The van der Waals surface area contributed by atoms with Gasteiger partial charge in [0.1, 0.15) is 12.1 Å². The van der Waals surface area contributed by atoms with Gasteiger partial charge < -0.3 is 43.2 Å². The molecule has 1 aromatic carbocycles. The smallest absolute Gasteiger partial charge is 0.326 e. The lowest BCUT2D eigenvalue weighted by atomic mass is 10.1. The molecule has 3 aromatic rings. The molecular weight excluding hydrogens is 558 g/mol.